The molecular formula is C20H15ClF4N2O3S. The number of pyridine rings is 1. The minimum absolute atomic E-state index is 0.0524. The van der Waals surface area contributed by atoms with Crippen LogP contribution in [-0.2, 0) is 34.2 Å². The number of benzene rings is 2. The number of anilines is 1. The first kappa shape index (κ1) is 23.0. The third-order valence-electron chi connectivity index (χ3n) is 4.01. The summed E-state index contributed by atoms with van der Waals surface area (Å²) in [5, 5.41) is 0.560. The summed E-state index contributed by atoms with van der Waals surface area (Å²) in [4.78, 5) is 3.34. The molecule has 0 aliphatic heterocycles. The SMILES string of the molecule is O=S(=O)(Nc1cccc(COCc2cccc(Cl)c2)n1)c1ccc(F)c(C(F)(F)F)c1. The fraction of sp³-hybridized carbons (Fsp3) is 0.150. The van der Waals surface area contributed by atoms with Gasteiger partial charge in [-0.15, -0.1) is 0 Å². The van der Waals surface area contributed by atoms with E-state index in [0.29, 0.717) is 16.8 Å². The van der Waals surface area contributed by atoms with Gasteiger partial charge in [0.1, 0.15) is 11.6 Å². The zero-order valence-corrected chi connectivity index (χ0v) is 17.2. The Kier molecular flexibility index (Phi) is 6.83. The monoisotopic (exact) mass is 474 g/mol. The maximum absolute atomic E-state index is 13.4. The van der Waals surface area contributed by atoms with Gasteiger partial charge in [-0.25, -0.2) is 17.8 Å². The van der Waals surface area contributed by atoms with Gasteiger partial charge in [-0.1, -0.05) is 29.8 Å². The van der Waals surface area contributed by atoms with E-state index in [2.05, 4.69) is 9.71 Å². The Bertz CT molecular complexity index is 1190. The van der Waals surface area contributed by atoms with Gasteiger partial charge in [0.15, 0.2) is 0 Å². The van der Waals surface area contributed by atoms with Crippen molar-refractivity contribution in [3.63, 3.8) is 0 Å². The predicted molar refractivity (Wildman–Crippen MR) is 106 cm³/mol. The van der Waals surface area contributed by atoms with E-state index in [-0.39, 0.29) is 25.1 Å². The second kappa shape index (κ2) is 9.21. The van der Waals surface area contributed by atoms with Crippen molar-refractivity contribution in [1.82, 2.24) is 4.98 Å². The van der Waals surface area contributed by atoms with E-state index in [1.54, 1.807) is 24.3 Å². The van der Waals surface area contributed by atoms with E-state index in [4.69, 9.17) is 16.3 Å². The highest BCUT2D eigenvalue weighted by Gasteiger charge is 2.35. The van der Waals surface area contributed by atoms with Crippen LogP contribution in [0.3, 0.4) is 0 Å². The van der Waals surface area contributed by atoms with Crippen molar-refractivity contribution < 1.29 is 30.7 Å². The number of hydrogen-bond donors (Lipinski definition) is 1. The average molecular weight is 475 g/mol. The largest absolute Gasteiger partial charge is 0.419 e. The number of nitrogens with zero attached hydrogens (tertiary/aromatic N) is 1. The third kappa shape index (κ3) is 6.16. The van der Waals surface area contributed by atoms with Crippen LogP contribution in [0.1, 0.15) is 16.8 Å². The first-order chi connectivity index (χ1) is 14.5. The maximum atomic E-state index is 13.4. The molecular weight excluding hydrogens is 460 g/mol. The molecule has 0 spiro atoms. The predicted octanol–water partition coefficient (Wildman–Crippen LogP) is 5.41. The van der Waals surface area contributed by atoms with Crippen molar-refractivity contribution in [3.8, 4) is 0 Å². The van der Waals surface area contributed by atoms with Crippen LogP contribution in [0.25, 0.3) is 0 Å². The van der Waals surface area contributed by atoms with Crippen LogP contribution in [0.2, 0.25) is 5.02 Å². The fourth-order valence-electron chi connectivity index (χ4n) is 2.60. The highest BCUT2D eigenvalue weighted by Crippen LogP contribution is 2.33. The number of aromatic nitrogens is 1. The molecule has 0 amide bonds. The van der Waals surface area contributed by atoms with E-state index in [0.717, 1.165) is 11.6 Å². The summed E-state index contributed by atoms with van der Waals surface area (Å²) in [7, 11) is -4.43. The lowest BCUT2D eigenvalue weighted by Crippen LogP contribution is -2.16. The van der Waals surface area contributed by atoms with Crippen LogP contribution in [0.5, 0.6) is 0 Å². The molecule has 0 aliphatic carbocycles. The molecule has 0 saturated carbocycles. The van der Waals surface area contributed by atoms with E-state index in [1.807, 2.05) is 6.07 Å². The lowest BCUT2D eigenvalue weighted by molar-refractivity contribution is -0.140. The van der Waals surface area contributed by atoms with Crippen LogP contribution < -0.4 is 4.72 Å². The molecule has 164 valence electrons. The maximum Gasteiger partial charge on any atom is 0.419 e. The molecule has 31 heavy (non-hydrogen) atoms. The van der Waals surface area contributed by atoms with Crippen molar-refractivity contribution >= 4 is 27.4 Å². The summed E-state index contributed by atoms with van der Waals surface area (Å²) < 4.78 is 84.6. The van der Waals surface area contributed by atoms with Crippen LogP contribution >= 0.6 is 11.6 Å². The zero-order valence-electron chi connectivity index (χ0n) is 15.7. The standard InChI is InChI=1S/C20H15ClF4N2O3S/c21-14-4-1-3-13(9-14)11-30-12-15-5-2-6-19(26-15)27-31(28,29)16-7-8-18(22)17(10-16)20(23,24)25/h1-10H,11-12H2,(H,26,27). The number of ether oxygens (including phenoxy) is 1. The van der Waals surface area contributed by atoms with E-state index >= 15 is 0 Å². The smallest absolute Gasteiger partial charge is 0.370 e. The quantitative estimate of drug-likeness (QED) is 0.465. The van der Waals surface area contributed by atoms with Gasteiger partial charge in [-0.3, -0.25) is 4.72 Å². The van der Waals surface area contributed by atoms with Gasteiger partial charge in [0.2, 0.25) is 0 Å². The molecule has 0 bridgehead atoms. The highest BCUT2D eigenvalue weighted by molar-refractivity contribution is 7.92. The minimum Gasteiger partial charge on any atom is -0.370 e. The van der Waals surface area contributed by atoms with Crippen molar-refractivity contribution in [2.75, 3.05) is 4.72 Å². The van der Waals surface area contributed by atoms with Gasteiger partial charge in [-0.05, 0) is 48.0 Å². The van der Waals surface area contributed by atoms with Crippen molar-refractivity contribution in [3.05, 3.63) is 88.3 Å². The van der Waals surface area contributed by atoms with E-state index in [1.165, 1.54) is 12.1 Å². The van der Waals surface area contributed by atoms with Gasteiger partial charge >= 0.3 is 6.18 Å². The molecule has 1 N–H and O–H groups in total. The molecule has 1 aromatic heterocycles. The topological polar surface area (TPSA) is 68.3 Å². The average Bonchev–Trinajstić information content (AvgIpc) is 2.67. The molecule has 3 rings (SSSR count). The first-order valence-electron chi connectivity index (χ1n) is 8.72. The number of nitrogens with one attached hydrogen (secondary N) is 1. The Morgan fingerprint density at radius 1 is 1.00 bits per heavy atom. The van der Waals surface area contributed by atoms with Crippen LogP contribution in [0.15, 0.2) is 65.6 Å². The van der Waals surface area contributed by atoms with Gasteiger partial charge in [0.25, 0.3) is 10.0 Å². The van der Waals surface area contributed by atoms with Crippen LogP contribution in [0, 0.1) is 5.82 Å². The number of halogens is 5. The first-order valence-corrected chi connectivity index (χ1v) is 10.6. The molecule has 0 unspecified atom stereocenters. The van der Waals surface area contributed by atoms with Gasteiger partial charge in [0, 0.05) is 5.02 Å². The summed E-state index contributed by atoms with van der Waals surface area (Å²) >= 11 is 5.90. The van der Waals surface area contributed by atoms with Crippen molar-refractivity contribution in [2.24, 2.45) is 0 Å². The highest BCUT2D eigenvalue weighted by atomic mass is 35.5. The number of rotatable bonds is 7. The Morgan fingerprint density at radius 2 is 1.74 bits per heavy atom. The third-order valence-corrected chi connectivity index (χ3v) is 5.59. The van der Waals surface area contributed by atoms with Gasteiger partial charge in [0.05, 0.1) is 29.4 Å². The summed E-state index contributed by atoms with van der Waals surface area (Å²) in [6.45, 7) is 0.296. The molecule has 3 aromatic rings. The molecule has 11 heteroatoms. The Hall–Kier alpha value is -2.69. The van der Waals surface area contributed by atoms with Crippen molar-refractivity contribution in [1.29, 1.82) is 0 Å². The molecule has 0 radical (unpaired) electrons. The summed E-state index contributed by atoms with van der Waals surface area (Å²) in [6, 6.07) is 12.9. The Labute approximate surface area is 180 Å². The van der Waals surface area contributed by atoms with Gasteiger partial charge < -0.3 is 4.74 Å². The molecule has 0 aliphatic rings. The molecule has 2 aromatic carbocycles. The molecule has 0 saturated heterocycles. The summed E-state index contributed by atoms with van der Waals surface area (Å²) in [5.74, 6) is -1.69. The number of hydrogen-bond acceptors (Lipinski definition) is 4. The fourth-order valence-corrected chi connectivity index (χ4v) is 3.84. The zero-order chi connectivity index (χ0) is 22.6. The van der Waals surface area contributed by atoms with E-state index < -0.39 is 32.5 Å². The number of sulfonamides is 1. The molecule has 1 heterocycles. The van der Waals surface area contributed by atoms with E-state index in [9.17, 15) is 26.0 Å². The summed E-state index contributed by atoms with van der Waals surface area (Å²) in [6.07, 6.45) is -5.03. The minimum atomic E-state index is -5.03. The van der Waals surface area contributed by atoms with Crippen LogP contribution in [-0.4, -0.2) is 13.4 Å². The lowest BCUT2D eigenvalue weighted by atomic mass is 10.2. The Balaban J connectivity index is 1.71. The normalized spacial score (nSPS) is 12.0. The summed E-state index contributed by atoms with van der Waals surface area (Å²) in [5.41, 5.74) is -0.454. The van der Waals surface area contributed by atoms with Gasteiger partial charge in [-0.2, -0.15) is 13.2 Å². The van der Waals surface area contributed by atoms with Crippen LogP contribution in [0.4, 0.5) is 23.4 Å². The lowest BCUT2D eigenvalue weighted by Gasteiger charge is -2.12. The molecule has 0 fully saturated rings. The van der Waals surface area contributed by atoms with Crippen molar-refractivity contribution in [2.45, 2.75) is 24.3 Å². The second-order valence-electron chi connectivity index (χ2n) is 6.38. The molecule has 0 atom stereocenters. The Morgan fingerprint density at radius 3 is 2.45 bits per heavy atom. The molecule has 5 nitrogen and oxygen atoms in total. The second-order valence-corrected chi connectivity index (χ2v) is 8.50. The number of alkyl halides is 3.